The smallest absolute Gasteiger partial charge is 0.331 e. The highest BCUT2D eigenvalue weighted by Crippen LogP contribution is 2.22. The zero-order valence-corrected chi connectivity index (χ0v) is 16.3. The first-order chi connectivity index (χ1) is 12.1. The zero-order valence-electron chi connectivity index (χ0n) is 14.7. The van der Waals surface area contributed by atoms with Crippen molar-refractivity contribution in [1.29, 1.82) is 0 Å². The molecule has 2 aromatic rings. The molecule has 140 valence electrons. The van der Waals surface area contributed by atoms with Gasteiger partial charge in [-0.1, -0.05) is 11.6 Å². The number of nitrogens with zero attached hydrogens (tertiary/aromatic N) is 2. The fourth-order valence-electron chi connectivity index (χ4n) is 1.93. The number of hydrogen-bond donors (Lipinski definition) is 2. The topological polar surface area (TPSA) is 102 Å². The second kappa shape index (κ2) is 7.88. The number of nitrogens with one attached hydrogen (secondary N) is 2. The summed E-state index contributed by atoms with van der Waals surface area (Å²) in [6.07, 6.45) is 3.23. The van der Waals surface area contributed by atoms with Crippen LogP contribution in [0.1, 0.15) is 33.4 Å². The van der Waals surface area contributed by atoms with Crippen LogP contribution in [0.4, 0.5) is 4.79 Å². The van der Waals surface area contributed by atoms with E-state index in [2.05, 4.69) is 15.6 Å². The largest absolute Gasteiger partial charge is 0.449 e. The summed E-state index contributed by atoms with van der Waals surface area (Å²) >= 11 is 7.43. The molecule has 0 fully saturated rings. The number of hydrogen-bond acceptors (Lipinski definition) is 6. The molecule has 2 N–H and O–H groups in total. The molecule has 0 aliphatic carbocycles. The lowest BCUT2D eigenvalue weighted by Crippen LogP contribution is -2.50. The Balaban J connectivity index is 1.92. The second-order valence-corrected chi connectivity index (χ2v) is 7.68. The number of carbonyl (C=O) groups excluding carboxylic acids is 3. The van der Waals surface area contributed by atoms with Crippen LogP contribution in [0.15, 0.2) is 17.7 Å². The molecular formula is C16H19ClN4O4S. The Bertz CT molecular complexity index is 865. The molecular weight excluding hydrogens is 380 g/mol. The van der Waals surface area contributed by atoms with E-state index in [0.29, 0.717) is 10.7 Å². The Kier molecular flexibility index (Phi) is 6.04. The summed E-state index contributed by atoms with van der Waals surface area (Å²) in [5.41, 5.74) is 0.0337. The number of fused-ring (bicyclic) bond motifs is 1. The highest BCUT2D eigenvalue weighted by molar-refractivity contribution is 7.15. The van der Waals surface area contributed by atoms with E-state index in [0.717, 1.165) is 6.08 Å². The maximum Gasteiger partial charge on any atom is 0.331 e. The van der Waals surface area contributed by atoms with Crippen molar-refractivity contribution in [3.8, 4) is 0 Å². The average Bonchev–Trinajstić information content (AvgIpc) is 3.03. The van der Waals surface area contributed by atoms with E-state index in [9.17, 15) is 14.4 Å². The molecule has 0 spiro atoms. The Morgan fingerprint density at radius 3 is 2.73 bits per heavy atom. The molecule has 2 rings (SSSR count). The number of halogens is 1. The van der Waals surface area contributed by atoms with Crippen LogP contribution < -0.4 is 10.6 Å². The quantitative estimate of drug-likeness (QED) is 0.608. The molecule has 8 nitrogen and oxygen atoms in total. The number of esters is 1. The number of thiazole rings is 1. The summed E-state index contributed by atoms with van der Waals surface area (Å²) in [5, 5.41) is 6.78. The molecule has 0 saturated heterocycles. The molecule has 0 aliphatic heterocycles. The molecule has 0 bridgehead atoms. The maximum absolute atomic E-state index is 11.9. The van der Waals surface area contributed by atoms with Gasteiger partial charge in [-0.25, -0.2) is 14.6 Å². The van der Waals surface area contributed by atoms with E-state index < -0.39 is 29.6 Å². The minimum Gasteiger partial charge on any atom is -0.449 e. The van der Waals surface area contributed by atoms with Crippen molar-refractivity contribution in [2.75, 3.05) is 0 Å². The fourth-order valence-corrected chi connectivity index (χ4v) is 2.93. The lowest BCUT2D eigenvalue weighted by atomic mass is 10.1. The van der Waals surface area contributed by atoms with Crippen LogP contribution >= 0.6 is 22.9 Å². The van der Waals surface area contributed by atoms with Crippen molar-refractivity contribution in [2.45, 2.75) is 39.3 Å². The van der Waals surface area contributed by atoms with Crippen molar-refractivity contribution in [3.63, 3.8) is 0 Å². The summed E-state index contributed by atoms with van der Waals surface area (Å²) in [6.45, 7) is 6.69. The Hall–Kier alpha value is -2.39. The van der Waals surface area contributed by atoms with Crippen LogP contribution in [0, 0.1) is 0 Å². The standard InChI is InChI=1S/C16H19ClN4O4S/c1-9(13(23)19-14(24)20-16(2,3)4)25-11(22)6-5-10-12(17)18-15-21(10)7-8-26-15/h5-9H,1-4H3,(H2,19,20,23,24)/b6-5-/t9-/m0/s1. The van der Waals surface area contributed by atoms with Crippen molar-refractivity contribution in [3.05, 3.63) is 28.5 Å². The van der Waals surface area contributed by atoms with Gasteiger partial charge in [-0.05, 0) is 33.8 Å². The monoisotopic (exact) mass is 398 g/mol. The number of ether oxygens (including phenoxy) is 1. The number of amides is 3. The van der Waals surface area contributed by atoms with E-state index in [4.69, 9.17) is 16.3 Å². The van der Waals surface area contributed by atoms with E-state index >= 15 is 0 Å². The van der Waals surface area contributed by atoms with Crippen LogP contribution in [0.25, 0.3) is 11.0 Å². The highest BCUT2D eigenvalue weighted by Gasteiger charge is 2.21. The SMILES string of the molecule is C[C@H](OC(=O)/C=C\c1c(Cl)nc2sccn12)C(=O)NC(=O)NC(C)(C)C. The van der Waals surface area contributed by atoms with E-state index in [1.807, 2.05) is 5.38 Å². The van der Waals surface area contributed by atoms with Gasteiger partial charge >= 0.3 is 12.0 Å². The highest BCUT2D eigenvalue weighted by atomic mass is 35.5. The van der Waals surface area contributed by atoms with E-state index in [-0.39, 0.29) is 5.15 Å². The molecule has 10 heteroatoms. The van der Waals surface area contributed by atoms with Gasteiger partial charge in [0, 0.05) is 23.2 Å². The Labute approximate surface area is 159 Å². The lowest BCUT2D eigenvalue weighted by molar-refractivity contribution is -0.149. The molecule has 26 heavy (non-hydrogen) atoms. The first-order valence-corrected chi connectivity index (χ1v) is 8.95. The van der Waals surface area contributed by atoms with Crippen molar-refractivity contribution in [1.82, 2.24) is 20.0 Å². The number of urea groups is 1. The van der Waals surface area contributed by atoms with Gasteiger partial charge in [-0.3, -0.25) is 14.5 Å². The van der Waals surface area contributed by atoms with Gasteiger partial charge in [-0.15, -0.1) is 11.3 Å². The first-order valence-electron chi connectivity index (χ1n) is 7.69. The van der Waals surface area contributed by atoms with Gasteiger partial charge in [0.15, 0.2) is 16.2 Å². The summed E-state index contributed by atoms with van der Waals surface area (Å²) in [6, 6.07) is -0.660. The summed E-state index contributed by atoms with van der Waals surface area (Å²) < 4.78 is 6.71. The minimum absolute atomic E-state index is 0.255. The maximum atomic E-state index is 11.9. The zero-order chi connectivity index (χ0) is 19.5. The van der Waals surface area contributed by atoms with Gasteiger partial charge in [-0.2, -0.15) is 0 Å². The summed E-state index contributed by atoms with van der Waals surface area (Å²) in [5.74, 6) is -1.47. The van der Waals surface area contributed by atoms with Crippen LogP contribution in [0.5, 0.6) is 0 Å². The molecule has 0 saturated carbocycles. The summed E-state index contributed by atoms with van der Waals surface area (Å²) in [7, 11) is 0. The van der Waals surface area contributed by atoms with Crippen molar-refractivity contribution in [2.24, 2.45) is 0 Å². The molecule has 1 atom stereocenters. The molecule has 3 amide bonds. The van der Waals surface area contributed by atoms with E-state index in [1.54, 1.807) is 31.4 Å². The van der Waals surface area contributed by atoms with Gasteiger partial charge in [0.1, 0.15) is 0 Å². The lowest BCUT2D eigenvalue weighted by Gasteiger charge is -2.21. The van der Waals surface area contributed by atoms with Crippen LogP contribution in [-0.4, -0.2) is 38.9 Å². The third kappa shape index (κ3) is 5.30. The molecule has 0 aromatic carbocycles. The van der Waals surface area contributed by atoms with Gasteiger partial charge in [0.25, 0.3) is 5.91 Å². The average molecular weight is 399 g/mol. The van der Waals surface area contributed by atoms with Crippen molar-refractivity contribution < 1.29 is 19.1 Å². The molecule has 2 heterocycles. The molecule has 0 radical (unpaired) electrons. The first kappa shape index (κ1) is 19.9. The number of imidazole rings is 1. The van der Waals surface area contributed by atoms with Crippen LogP contribution in [-0.2, 0) is 14.3 Å². The molecule has 2 aromatic heterocycles. The third-order valence-electron chi connectivity index (χ3n) is 3.02. The Morgan fingerprint density at radius 2 is 2.08 bits per heavy atom. The molecule has 0 unspecified atom stereocenters. The predicted molar refractivity (Wildman–Crippen MR) is 99.1 cm³/mol. The van der Waals surface area contributed by atoms with Gasteiger partial charge in [0.2, 0.25) is 0 Å². The molecule has 0 aliphatic rings. The second-order valence-electron chi connectivity index (χ2n) is 6.45. The normalized spacial score (nSPS) is 13.0. The van der Waals surface area contributed by atoms with Gasteiger partial charge in [0.05, 0.1) is 5.69 Å². The third-order valence-corrected chi connectivity index (χ3v) is 4.05. The van der Waals surface area contributed by atoms with E-state index in [1.165, 1.54) is 24.3 Å². The minimum atomic E-state index is -1.14. The number of carbonyl (C=O) groups is 3. The Morgan fingerprint density at radius 1 is 1.38 bits per heavy atom. The van der Waals surface area contributed by atoms with Crippen LogP contribution in [0.2, 0.25) is 5.15 Å². The number of rotatable bonds is 4. The number of aromatic nitrogens is 2. The number of imide groups is 1. The predicted octanol–water partition coefficient (Wildman–Crippen LogP) is 2.62. The summed E-state index contributed by atoms with van der Waals surface area (Å²) in [4.78, 5) is 40.3. The van der Waals surface area contributed by atoms with Crippen LogP contribution in [0.3, 0.4) is 0 Å². The van der Waals surface area contributed by atoms with Crippen molar-refractivity contribution >= 4 is 51.9 Å². The fraction of sp³-hybridized carbons (Fsp3) is 0.375. The van der Waals surface area contributed by atoms with Gasteiger partial charge < -0.3 is 10.1 Å².